The molecule has 2 nitrogen and oxygen atoms in total. The highest BCUT2D eigenvalue weighted by atomic mass is 127. The molecule has 4 aliphatic rings. The van der Waals surface area contributed by atoms with Gasteiger partial charge in [-0.05, 0) is 67.6 Å². The van der Waals surface area contributed by atoms with E-state index in [1.54, 1.807) is 0 Å². The summed E-state index contributed by atoms with van der Waals surface area (Å²) in [5.41, 5.74) is 6.91. The second kappa shape index (κ2) is 6.67. The fourth-order valence-electron chi connectivity index (χ4n) is 8.14. The molecule has 4 aliphatic carbocycles. The lowest BCUT2D eigenvalue weighted by Gasteiger charge is -2.40. The molecule has 8 unspecified atom stereocenters. The highest BCUT2D eigenvalue weighted by Crippen LogP contribution is 2.76. The van der Waals surface area contributed by atoms with Gasteiger partial charge in [-0.15, -0.1) is 0 Å². The normalized spacial score (nSPS) is 52.4. The molecule has 4 saturated carbocycles. The maximum absolute atomic E-state index is 11.4. The molecule has 0 heterocycles. The van der Waals surface area contributed by atoms with Gasteiger partial charge in [-0.25, -0.2) is 0 Å². The summed E-state index contributed by atoms with van der Waals surface area (Å²) in [5, 5.41) is 11.4. The van der Waals surface area contributed by atoms with Gasteiger partial charge in [0.1, 0.15) is 0 Å². The second-order valence-electron chi connectivity index (χ2n) is 9.43. The Hall–Kier alpha value is 0.650. The molecule has 3 heteroatoms. The van der Waals surface area contributed by atoms with Gasteiger partial charge in [0.2, 0.25) is 0 Å². The van der Waals surface area contributed by atoms with Crippen molar-refractivity contribution in [2.24, 2.45) is 46.7 Å². The Kier molecular flexibility index (Phi) is 5.01. The van der Waals surface area contributed by atoms with Gasteiger partial charge in [-0.2, -0.15) is 0 Å². The lowest BCUT2D eigenvalue weighted by atomic mass is 9.66. The minimum Gasteiger partial charge on any atom is -0.392 e. The zero-order chi connectivity index (χ0) is 17.1. The van der Waals surface area contributed by atoms with E-state index in [0.29, 0.717) is 17.9 Å². The highest BCUT2D eigenvalue weighted by molar-refractivity contribution is 14.1. The molecule has 0 amide bonds. The molecule has 0 aliphatic heterocycles. The van der Waals surface area contributed by atoms with Crippen molar-refractivity contribution in [1.82, 2.24) is 0 Å². The molecule has 24 heavy (non-hydrogen) atoms. The van der Waals surface area contributed by atoms with Gasteiger partial charge in [0.25, 0.3) is 0 Å². The zero-order valence-electron chi connectivity index (χ0n) is 15.5. The smallest absolute Gasteiger partial charge is 0.0633 e. The van der Waals surface area contributed by atoms with Crippen LogP contribution in [0.15, 0.2) is 0 Å². The van der Waals surface area contributed by atoms with Gasteiger partial charge in [-0.3, -0.25) is 0 Å². The molecule has 0 aromatic carbocycles. The number of hydrogen-bond acceptors (Lipinski definition) is 2. The van der Waals surface area contributed by atoms with Crippen molar-refractivity contribution < 1.29 is 5.11 Å². The van der Waals surface area contributed by atoms with Crippen LogP contribution < -0.4 is 5.73 Å². The van der Waals surface area contributed by atoms with Gasteiger partial charge >= 0.3 is 0 Å². The molecule has 0 saturated heterocycles. The summed E-state index contributed by atoms with van der Waals surface area (Å²) in [7, 11) is 0. The van der Waals surface area contributed by atoms with Gasteiger partial charge in [0.15, 0.2) is 0 Å². The third-order valence-electron chi connectivity index (χ3n) is 8.81. The lowest BCUT2D eigenvalue weighted by Crippen LogP contribution is -2.42. The van der Waals surface area contributed by atoms with E-state index >= 15 is 0 Å². The van der Waals surface area contributed by atoms with Crippen LogP contribution >= 0.6 is 22.6 Å². The predicted octanol–water partition coefficient (Wildman–Crippen LogP) is 4.77. The molecule has 0 spiro atoms. The van der Waals surface area contributed by atoms with E-state index in [0.717, 1.165) is 27.6 Å². The van der Waals surface area contributed by atoms with Crippen molar-refractivity contribution >= 4 is 22.6 Å². The average Bonchev–Trinajstić information content (AvgIpc) is 3.01. The molecule has 0 aromatic rings. The molecule has 4 fully saturated rings. The third kappa shape index (κ3) is 2.32. The number of rotatable bonds is 8. The molecule has 138 valence electrons. The van der Waals surface area contributed by atoms with Crippen LogP contribution in [0.1, 0.15) is 71.6 Å². The zero-order valence-corrected chi connectivity index (χ0v) is 17.6. The van der Waals surface area contributed by atoms with Crippen LogP contribution in [0.25, 0.3) is 0 Å². The lowest BCUT2D eigenvalue weighted by molar-refractivity contribution is -0.0263. The quantitative estimate of drug-likeness (QED) is 0.418. The van der Waals surface area contributed by atoms with Crippen molar-refractivity contribution in [3.8, 4) is 0 Å². The van der Waals surface area contributed by atoms with Crippen LogP contribution in [0.4, 0.5) is 0 Å². The number of alkyl halides is 1. The SMILES string of the molecule is CCCCC(I)CCCC12C(O)C3C[C@@H]1[C@H]1C(N)C3CC1C2CC. The Labute approximate surface area is 161 Å². The Morgan fingerprint density at radius 1 is 1.12 bits per heavy atom. The Balaban J connectivity index is 1.51. The van der Waals surface area contributed by atoms with Crippen LogP contribution in [-0.2, 0) is 0 Å². The van der Waals surface area contributed by atoms with E-state index in [2.05, 4.69) is 36.4 Å². The molecule has 3 N–H and O–H groups in total. The van der Waals surface area contributed by atoms with Crippen LogP contribution in [0.3, 0.4) is 0 Å². The monoisotopic (exact) mass is 445 g/mol. The summed E-state index contributed by atoms with van der Waals surface area (Å²) < 4.78 is 0.824. The van der Waals surface area contributed by atoms with Crippen LogP contribution in [0, 0.1) is 40.9 Å². The van der Waals surface area contributed by atoms with Crippen LogP contribution in [-0.4, -0.2) is 21.2 Å². The summed E-state index contributed by atoms with van der Waals surface area (Å²) in [6, 6.07) is 0.397. The second-order valence-corrected chi connectivity index (χ2v) is 11.2. The maximum Gasteiger partial charge on any atom is 0.0633 e. The largest absolute Gasteiger partial charge is 0.392 e. The highest BCUT2D eigenvalue weighted by Gasteiger charge is 2.75. The molecular weight excluding hydrogens is 409 g/mol. The fraction of sp³-hybridized carbons (Fsp3) is 1.00. The molecule has 0 radical (unpaired) electrons. The van der Waals surface area contributed by atoms with Crippen molar-refractivity contribution in [1.29, 1.82) is 0 Å². The number of unbranched alkanes of at least 4 members (excludes halogenated alkanes) is 1. The predicted molar refractivity (Wildman–Crippen MR) is 108 cm³/mol. The van der Waals surface area contributed by atoms with Gasteiger partial charge in [-0.1, -0.05) is 62.1 Å². The summed E-state index contributed by atoms with van der Waals surface area (Å²) in [5.74, 6) is 4.21. The first kappa shape index (κ1) is 18.0. The summed E-state index contributed by atoms with van der Waals surface area (Å²) in [4.78, 5) is 0. The number of aliphatic hydroxyl groups excluding tert-OH is 1. The minimum atomic E-state index is -0.0516. The van der Waals surface area contributed by atoms with Crippen LogP contribution in [0.2, 0.25) is 0 Å². The van der Waals surface area contributed by atoms with Crippen molar-refractivity contribution in [3.05, 3.63) is 0 Å². The number of halogens is 1. The van der Waals surface area contributed by atoms with E-state index in [4.69, 9.17) is 5.73 Å². The summed E-state index contributed by atoms with van der Waals surface area (Å²) >= 11 is 2.66. The van der Waals surface area contributed by atoms with Gasteiger partial charge in [0.05, 0.1) is 6.10 Å². The maximum atomic E-state index is 11.4. The number of nitrogens with two attached hydrogens (primary N) is 1. The van der Waals surface area contributed by atoms with E-state index in [-0.39, 0.29) is 11.5 Å². The Bertz CT molecular complexity index is 467. The van der Waals surface area contributed by atoms with E-state index in [9.17, 15) is 5.11 Å². The van der Waals surface area contributed by atoms with E-state index < -0.39 is 0 Å². The van der Waals surface area contributed by atoms with Crippen molar-refractivity contribution in [3.63, 3.8) is 0 Å². The van der Waals surface area contributed by atoms with Crippen molar-refractivity contribution in [2.75, 3.05) is 0 Å². The fourth-order valence-corrected chi connectivity index (χ4v) is 9.02. The standard InChI is InChI=1S/C21H36INO/c1-3-5-7-12(22)8-6-9-21-16(4-2)15-10-13-14(20(21)24)11-17(21)18(15)19(13)23/h12-20,24H,3-11,23H2,1-2H3/t12?,13?,14?,15?,16?,17-,18+,19?,20?,21?/m1/s1. The van der Waals surface area contributed by atoms with Gasteiger partial charge < -0.3 is 10.8 Å². The van der Waals surface area contributed by atoms with Crippen molar-refractivity contribution in [2.45, 2.75) is 87.7 Å². The third-order valence-corrected chi connectivity index (χ3v) is 10.1. The first-order valence-electron chi connectivity index (χ1n) is 10.6. The first-order chi connectivity index (χ1) is 11.6. The number of fused-ring (bicyclic) bond motifs is 3. The molecule has 4 rings (SSSR count). The molecular formula is C21H36INO. The summed E-state index contributed by atoms with van der Waals surface area (Å²) in [6.07, 6.45) is 11.8. The first-order valence-corrected chi connectivity index (χ1v) is 11.9. The van der Waals surface area contributed by atoms with E-state index in [1.165, 1.54) is 57.8 Å². The number of aliphatic hydroxyl groups is 1. The summed E-state index contributed by atoms with van der Waals surface area (Å²) in [6.45, 7) is 4.66. The van der Waals surface area contributed by atoms with E-state index in [1.807, 2.05) is 0 Å². The molecule has 0 aromatic heterocycles. The van der Waals surface area contributed by atoms with Crippen LogP contribution in [0.5, 0.6) is 0 Å². The molecule has 10 atom stereocenters. The number of hydrogen-bond donors (Lipinski definition) is 2. The average molecular weight is 445 g/mol. The molecule has 4 bridgehead atoms. The Morgan fingerprint density at radius 2 is 1.88 bits per heavy atom. The Morgan fingerprint density at radius 3 is 2.58 bits per heavy atom. The van der Waals surface area contributed by atoms with Gasteiger partial charge in [0, 0.05) is 15.4 Å². The topological polar surface area (TPSA) is 46.2 Å². The minimum absolute atomic E-state index is 0.0516.